The summed E-state index contributed by atoms with van der Waals surface area (Å²) in [7, 11) is 1.73. The predicted molar refractivity (Wildman–Crippen MR) is 76.3 cm³/mol. The van der Waals surface area contributed by atoms with Crippen molar-refractivity contribution >= 4 is 22.7 Å². The molecule has 0 aliphatic heterocycles. The Labute approximate surface area is 120 Å². The lowest BCUT2D eigenvalue weighted by Crippen LogP contribution is -2.08. The molecular formula is C14H13N5O2. The Hall–Kier alpha value is -2.96. The lowest BCUT2D eigenvalue weighted by Gasteiger charge is -2.05. The van der Waals surface area contributed by atoms with Gasteiger partial charge in [-0.2, -0.15) is 5.10 Å². The number of carbonyl (C=O) groups is 1. The molecule has 0 radical (unpaired) electrons. The lowest BCUT2D eigenvalue weighted by atomic mass is 10.2. The van der Waals surface area contributed by atoms with Gasteiger partial charge >= 0.3 is 5.97 Å². The van der Waals surface area contributed by atoms with Gasteiger partial charge in [0.2, 0.25) is 0 Å². The summed E-state index contributed by atoms with van der Waals surface area (Å²) in [4.78, 5) is 20.3. The molecule has 0 amide bonds. The van der Waals surface area contributed by atoms with Crippen LogP contribution >= 0.6 is 0 Å². The van der Waals surface area contributed by atoms with Crippen molar-refractivity contribution in [3.05, 3.63) is 48.0 Å². The van der Waals surface area contributed by atoms with Gasteiger partial charge in [-0.05, 0) is 12.1 Å². The molecule has 2 aromatic heterocycles. The average Bonchev–Trinajstić information content (AvgIpc) is 2.91. The van der Waals surface area contributed by atoms with Gasteiger partial charge in [-0.15, -0.1) is 0 Å². The Morgan fingerprint density at radius 1 is 1.33 bits per heavy atom. The molecule has 3 rings (SSSR count). The van der Waals surface area contributed by atoms with Crippen LogP contribution in [0.15, 0.2) is 36.7 Å². The Morgan fingerprint density at radius 3 is 2.90 bits per heavy atom. The normalized spacial score (nSPS) is 10.7. The van der Waals surface area contributed by atoms with Crippen LogP contribution in [0.1, 0.15) is 16.2 Å². The summed E-state index contributed by atoms with van der Waals surface area (Å²) >= 11 is 0. The number of esters is 1. The minimum Gasteiger partial charge on any atom is -0.454 e. The van der Waals surface area contributed by atoms with E-state index < -0.39 is 5.97 Å². The largest absolute Gasteiger partial charge is 0.454 e. The Morgan fingerprint density at radius 2 is 2.14 bits per heavy atom. The number of nitrogens with two attached hydrogens (primary N) is 1. The van der Waals surface area contributed by atoms with Crippen molar-refractivity contribution in [2.75, 3.05) is 5.73 Å². The summed E-state index contributed by atoms with van der Waals surface area (Å²) in [5, 5.41) is 4.69. The molecular weight excluding hydrogens is 270 g/mol. The van der Waals surface area contributed by atoms with Crippen molar-refractivity contribution in [3.63, 3.8) is 0 Å². The number of ether oxygens (including phenoxy) is 1. The van der Waals surface area contributed by atoms with Gasteiger partial charge in [0, 0.05) is 18.6 Å². The van der Waals surface area contributed by atoms with Crippen LogP contribution in [0.5, 0.6) is 0 Å². The summed E-state index contributed by atoms with van der Waals surface area (Å²) in [6.07, 6.45) is 3.02. The van der Waals surface area contributed by atoms with Gasteiger partial charge in [0.25, 0.3) is 0 Å². The van der Waals surface area contributed by atoms with Crippen LogP contribution in [0.3, 0.4) is 0 Å². The molecule has 2 heterocycles. The van der Waals surface area contributed by atoms with Gasteiger partial charge < -0.3 is 10.5 Å². The second kappa shape index (κ2) is 5.20. The van der Waals surface area contributed by atoms with Crippen LogP contribution < -0.4 is 5.73 Å². The zero-order chi connectivity index (χ0) is 14.8. The van der Waals surface area contributed by atoms with Crippen molar-refractivity contribution < 1.29 is 9.53 Å². The number of nitrogen functional groups attached to an aromatic ring is 1. The summed E-state index contributed by atoms with van der Waals surface area (Å²) in [6, 6.07) is 7.40. The topological polar surface area (TPSA) is 95.9 Å². The van der Waals surface area contributed by atoms with E-state index in [1.54, 1.807) is 13.2 Å². The number of aryl methyl sites for hydroxylation is 1. The third kappa shape index (κ3) is 2.66. The van der Waals surface area contributed by atoms with Crippen LogP contribution in [0.2, 0.25) is 0 Å². The van der Waals surface area contributed by atoms with Crippen LogP contribution in [-0.4, -0.2) is 25.7 Å². The molecule has 0 atom stereocenters. The lowest BCUT2D eigenvalue weighted by molar-refractivity contribution is 0.0462. The first-order valence-corrected chi connectivity index (χ1v) is 6.30. The maximum absolute atomic E-state index is 11.8. The molecule has 0 fully saturated rings. The van der Waals surface area contributed by atoms with Gasteiger partial charge in [0.15, 0.2) is 12.4 Å². The molecule has 7 nitrogen and oxygen atoms in total. The molecule has 0 aliphatic rings. The number of rotatable bonds is 3. The fourth-order valence-corrected chi connectivity index (χ4v) is 1.96. The molecule has 0 saturated carbocycles. The van der Waals surface area contributed by atoms with E-state index in [1.165, 1.54) is 10.9 Å². The molecule has 3 aromatic rings. The molecule has 1 aromatic carbocycles. The number of hydrogen-bond acceptors (Lipinski definition) is 6. The molecule has 0 unspecified atom stereocenters. The van der Waals surface area contributed by atoms with Gasteiger partial charge in [-0.1, -0.05) is 12.1 Å². The maximum atomic E-state index is 11.8. The first kappa shape index (κ1) is 13.0. The Bertz CT molecular complexity index is 812. The second-order valence-electron chi connectivity index (χ2n) is 4.52. The van der Waals surface area contributed by atoms with Gasteiger partial charge in [0.1, 0.15) is 5.82 Å². The third-order valence-corrected chi connectivity index (χ3v) is 2.95. The highest BCUT2D eigenvalue weighted by Crippen LogP contribution is 2.17. The highest BCUT2D eigenvalue weighted by atomic mass is 16.5. The zero-order valence-electron chi connectivity index (χ0n) is 11.4. The number of hydrogen-bond donors (Lipinski definition) is 1. The van der Waals surface area contributed by atoms with Crippen molar-refractivity contribution in [1.29, 1.82) is 0 Å². The number of fused-ring (bicyclic) bond motifs is 1. The van der Waals surface area contributed by atoms with Crippen LogP contribution in [0.25, 0.3) is 10.9 Å². The minimum atomic E-state index is -0.474. The molecule has 0 saturated heterocycles. The molecule has 106 valence electrons. The molecule has 2 N–H and O–H groups in total. The summed E-state index contributed by atoms with van der Waals surface area (Å²) < 4.78 is 6.69. The minimum absolute atomic E-state index is 0.0389. The maximum Gasteiger partial charge on any atom is 0.341 e. The van der Waals surface area contributed by atoms with E-state index in [0.717, 1.165) is 10.9 Å². The molecule has 0 bridgehead atoms. The number of para-hydroxylation sites is 1. The average molecular weight is 283 g/mol. The number of aromatic nitrogens is 4. The summed E-state index contributed by atoms with van der Waals surface area (Å²) in [5.74, 6) is 0.259. The van der Waals surface area contributed by atoms with Crippen LogP contribution in [-0.2, 0) is 18.4 Å². The molecule has 21 heavy (non-hydrogen) atoms. The van der Waals surface area contributed by atoms with E-state index in [4.69, 9.17) is 10.5 Å². The summed E-state index contributed by atoms with van der Waals surface area (Å²) in [6.45, 7) is -0.0389. The number of anilines is 1. The van der Waals surface area contributed by atoms with E-state index in [9.17, 15) is 4.79 Å². The van der Waals surface area contributed by atoms with Crippen molar-refractivity contribution in [2.45, 2.75) is 6.61 Å². The number of nitrogens with zero attached hydrogens (tertiary/aromatic N) is 4. The highest BCUT2D eigenvalue weighted by Gasteiger charge is 2.11. The first-order valence-electron chi connectivity index (χ1n) is 6.30. The van der Waals surface area contributed by atoms with E-state index >= 15 is 0 Å². The highest BCUT2D eigenvalue weighted by molar-refractivity contribution is 5.89. The smallest absolute Gasteiger partial charge is 0.341 e. The SMILES string of the molecule is Cn1cc(C(=O)OCc2nc(N)c3ccccc3n2)cn1. The number of benzene rings is 1. The molecule has 7 heteroatoms. The van der Waals surface area contributed by atoms with Crippen LogP contribution in [0, 0.1) is 0 Å². The van der Waals surface area contributed by atoms with Gasteiger partial charge in [0.05, 0.1) is 17.3 Å². The van der Waals surface area contributed by atoms with Crippen molar-refractivity contribution in [2.24, 2.45) is 7.05 Å². The van der Waals surface area contributed by atoms with E-state index in [2.05, 4.69) is 15.1 Å². The van der Waals surface area contributed by atoms with Crippen molar-refractivity contribution in [1.82, 2.24) is 19.7 Å². The second-order valence-corrected chi connectivity index (χ2v) is 4.52. The summed E-state index contributed by atoms with van der Waals surface area (Å²) in [5.41, 5.74) is 6.97. The van der Waals surface area contributed by atoms with E-state index in [-0.39, 0.29) is 6.61 Å². The van der Waals surface area contributed by atoms with Gasteiger partial charge in [-0.25, -0.2) is 14.8 Å². The quantitative estimate of drug-likeness (QED) is 0.728. The third-order valence-electron chi connectivity index (χ3n) is 2.95. The molecule has 0 spiro atoms. The van der Waals surface area contributed by atoms with Crippen LogP contribution in [0.4, 0.5) is 5.82 Å². The Balaban J connectivity index is 1.77. The number of carbonyl (C=O) groups excluding carboxylic acids is 1. The fourth-order valence-electron chi connectivity index (χ4n) is 1.96. The standard InChI is InChI=1S/C14H13N5O2/c1-19-7-9(6-16-19)14(20)21-8-12-17-11-5-3-2-4-10(11)13(15)18-12/h2-7H,8H2,1H3,(H2,15,17,18). The fraction of sp³-hybridized carbons (Fsp3) is 0.143. The van der Waals surface area contributed by atoms with Crippen molar-refractivity contribution in [3.8, 4) is 0 Å². The van der Waals surface area contributed by atoms with E-state index in [1.807, 2.05) is 24.3 Å². The zero-order valence-corrected chi connectivity index (χ0v) is 11.4. The van der Waals surface area contributed by atoms with E-state index in [0.29, 0.717) is 17.2 Å². The van der Waals surface area contributed by atoms with Gasteiger partial charge in [-0.3, -0.25) is 4.68 Å². The molecule has 0 aliphatic carbocycles. The Kier molecular flexibility index (Phi) is 3.23. The monoisotopic (exact) mass is 283 g/mol. The predicted octanol–water partition coefficient (Wildman–Crippen LogP) is 1.30. The first-order chi connectivity index (χ1) is 10.1.